The second kappa shape index (κ2) is 12.7. The van der Waals surface area contributed by atoms with E-state index in [9.17, 15) is 18.0 Å². The molecule has 0 heterocycles. The Morgan fingerprint density at radius 1 is 1.06 bits per heavy atom. The van der Waals surface area contributed by atoms with Crippen LogP contribution in [0.4, 0.5) is 5.69 Å². The van der Waals surface area contributed by atoms with Crippen molar-refractivity contribution in [1.29, 1.82) is 0 Å². The molecule has 0 aromatic heterocycles. The van der Waals surface area contributed by atoms with Crippen molar-refractivity contribution >= 4 is 62.3 Å². The zero-order valence-corrected chi connectivity index (χ0v) is 22.9. The van der Waals surface area contributed by atoms with Crippen molar-refractivity contribution in [3.63, 3.8) is 0 Å². The standard InChI is InChI=1S/C23H28Cl3N3O5S/c1-5-10-27-23(31)15(2)28(13-16-6-8-17(34-3)9-7-16)22(30)14-29(35(4,32)33)21-12-19(25)18(24)11-20(21)26/h6-9,11-12,15H,5,10,13-14H2,1-4H3,(H,27,31)/t15-/m0/s1. The van der Waals surface area contributed by atoms with Gasteiger partial charge >= 0.3 is 0 Å². The van der Waals surface area contributed by atoms with Crippen LogP contribution in [0.2, 0.25) is 15.1 Å². The molecule has 2 aromatic carbocycles. The van der Waals surface area contributed by atoms with E-state index >= 15 is 0 Å². The fraction of sp³-hybridized carbons (Fsp3) is 0.391. The number of carbonyl (C=O) groups excluding carboxylic acids is 2. The molecule has 0 aliphatic rings. The Bertz CT molecular complexity index is 1160. The maximum absolute atomic E-state index is 13.5. The lowest BCUT2D eigenvalue weighted by Gasteiger charge is -2.31. The molecule has 192 valence electrons. The van der Waals surface area contributed by atoms with E-state index in [1.54, 1.807) is 38.3 Å². The predicted octanol–water partition coefficient (Wildman–Crippen LogP) is 4.36. The average Bonchev–Trinajstić information content (AvgIpc) is 2.81. The number of nitrogens with zero attached hydrogens (tertiary/aromatic N) is 2. The summed E-state index contributed by atoms with van der Waals surface area (Å²) in [5, 5.41) is 3.00. The maximum Gasteiger partial charge on any atom is 0.244 e. The minimum atomic E-state index is -3.96. The second-order valence-corrected chi connectivity index (χ2v) is 11.0. The third kappa shape index (κ3) is 7.90. The third-order valence-electron chi connectivity index (χ3n) is 5.17. The van der Waals surface area contributed by atoms with Gasteiger partial charge in [0.1, 0.15) is 18.3 Å². The number of anilines is 1. The van der Waals surface area contributed by atoms with Gasteiger partial charge in [0.15, 0.2) is 0 Å². The fourth-order valence-corrected chi connectivity index (χ4v) is 4.75. The second-order valence-electron chi connectivity index (χ2n) is 7.82. The molecule has 35 heavy (non-hydrogen) atoms. The van der Waals surface area contributed by atoms with Crippen LogP contribution in [-0.4, -0.2) is 57.6 Å². The van der Waals surface area contributed by atoms with Crippen molar-refractivity contribution in [2.75, 3.05) is 30.8 Å². The van der Waals surface area contributed by atoms with E-state index in [0.29, 0.717) is 12.3 Å². The smallest absolute Gasteiger partial charge is 0.244 e. The van der Waals surface area contributed by atoms with Crippen LogP contribution in [0.1, 0.15) is 25.8 Å². The van der Waals surface area contributed by atoms with Gasteiger partial charge in [0.2, 0.25) is 21.8 Å². The van der Waals surface area contributed by atoms with Gasteiger partial charge in [-0.25, -0.2) is 8.42 Å². The molecule has 2 aromatic rings. The molecule has 8 nitrogen and oxygen atoms in total. The highest BCUT2D eigenvalue weighted by atomic mass is 35.5. The molecule has 1 N–H and O–H groups in total. The first-order valence-electron chi connectivity index (χ1n) is 10.7. The molecule has 0 bridgehead atoms. The highest BCUT2D eigenvalue weighted by Gasteiger charge is 2.31. The summed E-state index contributed by atoms with van der Waals surface area (Å²) >= 11 is 18.3. The topological polar surface area (TPSA) is 96.0 Å². The molecule has 0 aliphatic heterocycles. The van der Waals surface area contributed by atoms with Crippen LogP contribution >= 0.6 is 34.8 Å². The van der Waals surface area contributed by atoms with Crippen molar-refractivity contribution in [3.8, 4) is 5.75 Å². The molecule has 12 heteroatoms. The van der Waals surface area contributed by atoms with Crippen molar-refractivity contribution < 1.29 is 22.7 Å². The van der Waals surface area contributed by atoms with Crippen LogP contribution in [0, 0.1) is 0 Å². The van der Waals surface area contributed by atoms with Crippen LogP contribution < -0.4 is 14.4 Å². The van der Waals surface area contributed by atoms with Crippen molar-refractivity contribution in [2.24, 2.45) is 0 Å². The summed E-state index contributed by atoms with van der Waals surface area (Å²) in [7, 11) is -2.42. The molecule has 0 saturated heterocycles. The number of hydrogen-bond acceptors (Lipinski definition) is 5. The van der Waals surface area contributed by atoms with E-state index in [0.717, 1.165) is 22.5 Å². The van der Waals surface area contributed by atoms with Crippen molar-refractivity contribution in [1.82, 2.24) is 10.2 Å². The van der Waals surface area contributed by atoms with Crippen molar-refractivity contribution in [2.45, 2.75) is 32.9 Å². The molecule has 1 atom stereocenters. The van der Waals surface area contributed by atoms with Gasteiger partial charge in [0.25, 0.3) is 0 Å². The van der Waals surface area contributed by atoms with Crippen LogP contribution in [0.25, 0.3) is 0 Å². The van der Waals surface area contributed by atoms with Gasteiger partial charge in [0, 0.05) is 13.1 Å². The zero-order chi connectivity index (χ0) is 26.3. The first kappa shape index (κ1) is 29.0. The fourth-order valence-electron chi connectivity index (χ4n) is 3.20. The SMILES string of the molecule is CCCNC(=O)[C@H](C)N(Cc1ccc(OC)cc1)C(=O)CN(c1cc(Cl)c(Cl)cc1Cl)S(C)(=O)=O. The predicted molar refractivity (Wildman–Crippen MR) is 140 cm³/mol. The average molecular weight is 565 g/mol. The van der Waals surface area contributed by atoms with E-state index < -0.39 is 28.5 Å². The van der Waals surface area contributed by atoms with Gasteiger partial charge in [-0.1, -0.05) is 53.9 Å². The van der Waals surface area contributed by atoms with Crippen molar-refractivity contribution in [3.05, 3.63) is 57.0 Å². The van der Waals surface area contributed by atoms with Gasteiger partial charge < -0.3 is 15.0 Å². The largest absolute Gasteiger partial charge is 0.497 e. The highest BCUT2D eigenvalue weighted by molar-refractivity contribution is 7.92. The quantitative estimate of drug-likeness (QED) is 0.409. The first-order valence-corrected chi connectivity index (χ1v) is 13.7. The number of halogens is 3. The monoisotopic (exact) mass is 563 g/mol. The Hall–Kier alpha value is -2.20. The van der Waals surface area contributed by atoms with Crippen LogP contribution in [-0.2, 0) is 26.2 Å². The summed E-state index contributed by atoms with van der Waals surface area (Å²) in [6.07, 6.45) is 1.67. The Kier molecular flexibility index (Phi) is 10.5. The molecule has 0 aliphatic carbocycles. The van der Waals surface area contributed by atoms with E-state index in [1.807, 2.05) is 6.92 Å². The van der Waals surface area contributed by atoms with Crippen LogP contribution in [0.5, 0.6) is 5.75 Å². The summed E-state index contributed by atoms with van der Waals surface area (Å²) < 4.78 is 31.3. The van der Waals surface area contributed by atoms with Crippen LogP contribution in [0.15, 0.2) is 36.4 Å². The summed E-state index contributed by atoms with van der Waals surface area (Å²) in [5.41, 5.74) is 0.733. The maximum atomic E-state index is 13.5. The summed E-state index contributed by atoms with van der Waals surface area (Å²) in [6.45, 7) is 3.41. The molecule has 0 spiro atoms. The molecule has 0 saturated carbocycles. The molecular formula is C23H28Cl3N3O5S. The molecule has 2 amide bonds. The van der Waals surface area contributed by atoms with Gasteiger partial charge in [0.05, 0.1) is 34.1 Å². The molecule has 0 fully saturated rings. The van der Waals surface area contributed by atoms with E-state index in [4.69, 9.17) is 39.5 Å². The number of amides is 2. The number of hydrogen-bond donors (Lipinski definition) is 1. The van der Waals surface area contributed by atoms with E-state index in [-0.39, 0.29) is 33.2 Å². The number of carbonyl (C=O) groups is 2. The summed E-state index contributed by atoms with van der Waals surface area (Å²) in [4.78, 5) is 27.5. The highest BCUT2D eigenvalue weighted by Crippen LogP contribution is 2.35. The third-order valence-corrected chi connectivity index (χ3v) is 7.32. The lowest BCUT2D eigenvalue weighted by molar-refractivity contribution is -0.139. The lowest BCUT2D eigenvalue weighted by Crippen LogP contribution is -2.51. The Labute approximate surface area is 221 Å². The number of sulfonamides is 1. The first-order chi connectivity index (χ1) is 16.4. The molecule has 0 unspecified atom stereocenters. The number of nitrogens with one attached hydrogen (secondary N) is 1. The lowest BCUT2D eigenvalue weighted by atomic mass is 10.1. The van der Waals surface area contributed by atoms with Gasteiger partial charge in [-0.05, 0) is 43.2 Å². The number of benzene rings is 2. The normalized spacial score (nSPS) is 12.1. The Morgan fingerprint density at radius 3 is 2.20 bits per heavy atom. The minimum absolute atomic E-state index is 0.00408. The Balaban J connectivity index is 2.43. The van der Waals surface area contributed by atoms with Gasteiger partial charge in [-0.15, -0.1) is 0 Å². The molecule has 0 radical (unpaired) electrons. The molecular weight excluding hydrogens is 537 g/mol. The number of rotatable bonds is 11. The number of ether oxygens (including phenoxy) is 1. The zero-order valence-electron chi connectivity index (χ0n) is 19.8. The summed E-state index contributed by atoms with van der Waals surface area (Å²) in [6, 6.07) is 8.71. The number of methoxy groups -OCH3 is 1. The van der Waals surface area contributed by atoms with E-state index in [1.165, 1.54) is 17.0 Å². The van der Waals surface area contributed by atoms with Gasteiger partial charge in [-0.3, -0.25) is 13.9 Å². The summed E-state index contributed by atoms with van der Waals surface area (Å²) in [5.74, 6) is -0.322. The van der Waals surface area contributed by atoms with Crippen LogP contribution in [0.3, 0.4) is 0 Å². The molecule has 2 rings (SSSR count). The Morgan fingerprint density at radius 2 is 1.66 bits per heavy atom. The minimum Gasteiger partial charge on any atom is -0.497 e. The van der Waals surface area contributed by atoms with Gasteiger partial charge in [-0.2, -0.15) is 0 Å². The van der Waals surface area contributed by atoms with E-state index in [2.05, 4.69) is 5.32 Å².